The summed E-state index contributed by atoms with van der Waals surface area (Å²) in [7, 11) is -2.79. The number of fused-ring (bicyclic) bond motifs is 1. The predicted octanol–water partition coefficient (Wildman–Crippen LogP) is 1.34. The smallest absolute Gasteiger partial charge is 0.337 e. The third-order valence-corrected chi connectivity index (χ3v) is 6.34. The lowest BCUT2D eigenvalue weighted by Gasteiger charge is -2.26. The van der Waals surface area contributed by atoms with Crippen LogP contribution in [0.4, 0.5) is 5.82 Å². The number of carbonyl (C=O) groups excluding carboxylic acids is 1. The van der Waals surface area contributed by atoms with Crippen LogP contribution >= 0.6 is 11.3 Å². The zero-order chi connectivity index (χ0) is 18.4. The van der Waals surface area contributed by atoms with E-state index in [4.69, 9.17) is 5.11 Å². The van der Waals surface area contributed by atoms with Crippen LogP contribution in [0.15, 0.2) is 40.4 Å². The highest BCUT2D eigenvalue weighted by Gasteiger charge is 2.38. The number of sulfonamides is 1. The van der Waals surface area contributed by atoms with Crippen LogP contribution in [0, 0.1) is 0 Å². The van der Waals surface area contributed by atoms with Crippen molar-refractivity contribution < 1.29 is 28.2 Å². The van der Waals surface area contributed by atoms with E-state index in [-0.39, 0.29) is 21.2 Å². The molecule has 25 heavy (non-hydrogen) atoms. The van der Waals surface area contributed by atoms with Crippen LogP contribution in [0.5, 0.6) is 0 Å². The molecule has 3 rings (SSSR count). The molecule has 1 amide bonds. The molecule has 130 valence electrons. The van der Waals surface area contributed by atoms with Crippen LogP contribution in [0.1, 0.15) is 15.2 Å². The second kappa shape index (κ2) is 5.86. The summed E-state index contributed by atoms with van der Waals surface area (Å²) in [4.78, 5) is 27.0. The number of nitrogens with one attached hydrogen (secondary N) is 1. The summed E-state index contributed by atoms with van der Waals surface area (Å²) in [6.07, 6.45) is 1.05. The Kier molecular flexibility index (Phi) is 3.97. The monoisotopic (exact) mass is 381 g/mol. The number of pyridine rings is 1. The molecule has 2 aromatic heterocycles. The zero-order valence-electron chi connectivity index (χ0n) is 12.6. The van der Waals surface area contributed by atoms with E-state index in [1.807, 2.05) is 0 Å². The summed E-state index contributed by atoms with van der Waals surface area (Å²) in [6.45, 7) is 0. The number of amides is 1. The van der Waals surface area contributed by atoms with Crippen LogP contribution in [-0.2, 0) is 14.8 Å². The number of hydrogen-bond donors (Lipinski definition) is 3. The topological polar surface area (TPSA) is 137 Å². The largest absolute Gasteiger partial charge is 0.504 e. The third kappa shape index (κ3) is 2.72. The van der Waals surface area contributed by atoms with Gasteiger partial charge in [-0.3, -0.25) is 9.10 Å². The summed E-state index contributed by atoms with van der Waals surface area (Å²) in [5, 5.41) is 23.0. The Bertz CT molecular complexity index is 1010. The molecule has 0 fully saturated rings. The Hall–Kier alpha value is -2.92. The SMILES string of the molecule is CN1C(C(=O)Nc2ccc(C(=O)O)cn2)=C(O)c2sccc2S1(=O)=O. The number of carboxylic acid groups (broad SMARTS) is 1. The van der Waals surface area contributed by atoms with Gasteiger partial charge in [0.2, 0.25) is 0 Å². The van der Waals surface area contributed by atoms with Gasteiger partial charge in [0, 0.05) is 13.2 Å². The molecule has 0 spiro atoms. The number of thiophene rings is 1. The molecule has 0 atom stereocenters. The van der Waals surface area contributed by atoms with E-state index in [0.717, 1.165) is 24.6 Å². The van der Waals surface area contributed by atoms with E-state index in [9.17, 15) is 23.1 Å². The van der Waals surface area contributed by atoms with Gasteiger partial charge in [0.15, 0.2) is 11.5 Å². The average molecular weight is 381 g/mol. The molecule has 0 saturated carbocycles. The molecule has 1 aliphatic heterocycles. The second-order valence-electron chi connectivity index (χ2n) is 4.98. The van der Waals surface area contributed by atoms with Gasteiger partial charge in [-0.2, -0.15) is 0 Å². The number of anilines is 1. The maximum atomic E-state index is 12.4. The van der Waals surface area contributed by atoms with Crippen LogP contribution in [0.2, 0.25) is 0 Å². The van der Waals surface area contributed by atoms with Gasteiger partial charge in [0.05, 0.1) is 10.4 Å². The molecule has 0 aliphatic carbocycles. The number of aromatic nitrogens is 1. The molecule has 2 aromatic rings. The lowest BCUT2D eigenvalue weighted by atomic mass is 10.2. The summed E-state index contributed by atoms with van der Waals surface area (Å²) in [5.41, 5.74) is -0.514. The van der Waals surface area contributed by atoms with Crippen molar-refractivity contribution in [3.63, 3.8) is 0 Å². The summed E-state index contributed by atoms with van der Waals surface area (Å²) in [5.74, 6) is -2.51. The molecule has 0 radical (unpaired) electrons. The third-order valence-electron chi connectivity index (χ3n) is 3.49. The highest BCUT2D eigenvalue weighted by Crippen LogP contribution is 2.38. The van der Waals surface area contributed by atoms with Crippen molar-refractivity contribution in [1.29, 1.82) is 0 Å². The maximum absolute atomic E-state index is 12.4. The van der Waals surface area contributed by atoms with Crippen LogP contribution in [0.3, 0.4) is 0 Å². The quantitative estimate of drug-likeness (QED) is 0.729. The molecule has 0 aromatic carbocycles. The zero-order valence-corrected chi connectivity index (χ0v) is 14.3. The summed E-state index contributed by atoms with van der Waals surface area (Å²) in [6, 6.07) is 3.84. The van der Waals surface area contributed by atoms with E-state index < -0.39 is 33.4 Å². The fourth-order valence-corrected chi connectivity index (χ4v) is 4.77. The fourth-order valence-electron chi connectivity index (χ4n) is 2.22. The number of aromatic carboxylic acids is 1. The van der Waals surface area contributed by atoms with E-state index in [2.05, 4.69) is 10.3 Å². The van der Waals surface area contributed by atoms with Gasteiger partial charge in [0.25, 0.3) is 15.9 Å². The molecule has 11 heteroatoms. The number of aliphatic hydroxyl groups excluding tert-OH is 1. The van der Waals surface area contributed by atoms with Crippen molar-refractivity contribution in [3.8, 4) is 0 Å². The minimum atomic E-state index is -3.95. The van der Waals surface area contributed by atoms with Gasteiger partial charge in [-0.15, -0.1) is 11.3 Å². The minimum absolute atomic E-state index is 0.0121. The predicted molar refractivity (Wildman–Crippen MR) is 88.6 cm³/mol. The number of carbonyl (C=O) groups is 2. The maximum Gasteiger partial charge on any atom is 0.337 e. The van der Waals surface area contributed by atoms with E-state index >= 15 is 0 Å². The normalized spacial score (nSPS) is 15.6. The first-order chi connectivity index (χ1) is 11.7. The molecule has 9 nitrogen and oxygen atoms in total. The van der Waals surface area contributed by atoms with Crippen molar-refractivity contribution >= 4 is 44.8 Å². The van der Waals surface area contributed by atoms with E-state index in [0.29, 0.717) is 4.31 Å². The highest BCUT2D eigenvalue weighted by atomic mass is 32.2. The van der Waals surface area contributed by atoms with Gasteiger partial charge in [-0.1, -0.05) is 0 Å². The first-order valence-corrected chi connectivity index (χ1v) is 9.06. The van der Waals surface area contributed by atoms with Crippen molar-refractivity contribution in [2.75, 3.05) is 12.4 Å². The fraction of sp³-hybridized carbons (Fsp3) is 0.0714. The number of hydrogen-bond acceptors (Lipinski definition) is 7. The number of carboxylic acids is 1. The van der Waals surface area contributed by atoms with Gasteiger partial charge < -0.3 is 15.5 Å². The van der Waals surface area contributed by atoms with E-state index in [1.54, 1.807) is 0 Å². The Balaban J connectivity index is 1.96. The first-order valence-electron chi connectivity index (χ1n) is 6.74. The Morgan fingerprint density at radius 3 is 2.60 bits per heavy atom. The van der Waals surface area contributed by atoms with Crippen LogP contribution < -0.4 is 5.32 Å². The van der Waals surface area contributed by atoms with Gasteiger partial charge >= 0.3 is 5.97 Å². The molecule has 3 heterocycles. The average Bonchev–Trinajstić information content (AvgIpc) is 3.05. The molecular weight excluding hydrogens is 370 g/mol. The minimum Gasteiger partial charge on any atom is -0.504 e. The highest BCUT2D eigenvalue weighted by molar-refractivity contribution is 7.89. The Morgan fingerprint density at radius 2 is 2.00 bits per heavy atom. The van der Waals surface area contributed by atoms with Crippen molar-refractivity contribution in [1.82, 2.24) is 9.29 Å². The lowest BCUT2D eigenvalue weighted by molar-refractivity contribution is -0.113. The molecule has 1 aliphatic rings. The number of rotatable bonds is 3. The van der Waals surface area contributed by atoms with Crippen molar-refractivity contribution in [3.05, 3.63) is 45.9 Å². The van der Waals surface area contributed by atoms with Crippen molar-refractivity contribution in [2.24, 2.45) is 0 Å². The number of likely N-dealkylation sites (N-methyl/N-ethyl adjacent to an activating group) is 1. The number of nitrogens with zero attached hydrogens (tertiary/aromatic N) is 2. The van der Waals surface area contributed by atoms with E-state index in [1.165, 1.54) is 23.6 Å². The second-order valence-corrected chi connectivity index (χ2v) is 7.83. The molecule has 0 bridgehead atoms. The molecule has 0 saturated heterocycles. The summed E-state index contributed by atoms with van der Waals surface area (Å²) >= 11 is 0.996. The van der Waals surface area contributed by atoms with Crippen LogP contribution in [0.25, 0.3) is 5.76 Å². The Labute approximate surface area is 145 Å². The lowest BCUT2D eigenvalue weighted by Crippen LogP contribution is -2.36. The van der Waals surface area contributed by atoms with Gasteiger partial charge in [0.1, 0.15) is 10.7 Å². The van der Waals surface area contributed by atoms with Gasteiger partial charge in [-0.25, -0.2) is 18.2 Å². The number of aliphatic hydroxyl groups is 1. The molecular formula is C14H11N3O6S2. The summed E-state index contributed by atoms with van der Waals surface area (Å²) < 4.78 is 25.5. The van der Waals surface area contributed by atoms with Crippen molar-refractivity contribution in [2.45, 2.75) is 4.90 Å². The Morgan fingerprint density at radius 1 is 1.28 bits per heavy atom. The first kappa shape index (κ1) is 16.9. The van der Waals surface area contributed by atoms with Crippen LogP contribution in [-0.4, -0.2) is 46.8 Å². The van der Waals surface area contributed by atoms with Gasteiger partial charge in [-0.05, 0) is 23.6 Å². The standard InChI is InChI=1S/C14H11N3O6S2/c1-17-10(11(18)12-8(4-5-24-12)25(17,22)23)13(19)16-9-3-2-7(6-15-9)14(20)21/h2-6,18H,1H3,(H,20,21)(H,15,16,19). The molecule has 3 N–H and O–H groups in total. The molecule has 0 unspecified atom stereocenters.